The van der Waals surface area contributed by atoms with E-state index in [1.54, 1.807) is 0 Å². The van der Waals surface area contributed by atoms with Crippen LogP contribution in [0.5, 0.6) is 0 Å². The van der Waals surface area contributed by atoms with Crippen LogP contribution in [0.1, 0.15) is 30.9 Å². The van der Waals surface area contributed by atoms with Gasteiger partial charge in [-0.1, -0.05) is 60.1 Å². The molecule has 0 aromatic heterocycles. The van der Waals surface area contributed by atoms with Crippen molar-refractivity contribution in [1.82, 2.24) is 0 Å². The summed E-state index contributed by atoms with van der Waals surface area (Å²) in [5.74, 6) is 0.947. The van der Waals surface area contributed by atoms with Gasteiger partial charge in [0.2, 0.25) is 0 Å². The van der Waals surface area contributed by atoms with Crippen molar-refractivity contribution in [2.75, 3.05) is 11.9 Å². The predicted molar refractivity (Wildman–Crippen MR) is 91.4 cm³/mol. The number of anilines is 1. The Hall–Kier alpha value is -1.79. The third kappa shape index (κ3) is 4.09. The van der Waals surface area contributed by atoms with Crippen LogP contribution in [0.3, 0.4) is 0 Å². The van der Waals surface area contributed by atoms with Gasteiger partial charge in [0.1, 0.15) is 6.07 Å². The van der Waals surface area contributed by atoms with E-state index in [1.807, 2.05) is 24.3 Å². The maximum atomic E-state index is 9.22. The van der Waals surface area contributed by atoms with Gasteiger partial charge < -0.3 is 5.32 Å². The topological polar surface area (TPSA) is 35.8 Å². The van der Waals surface area contributed by atoms with E-state index in [4.69, 9.17) is 0 Å². The number of hydrogen-bond donors (Lipinski definition) is 1. The van der Waals surface area contributed by atoms with E-state index in [0.717, 1.165) is 16.7 Å². The monoisotopic (exact) mass is 342 g/mol. The molecule has 0 heterocycles. The number of benzene rings is 2. The molecule has 0 aliphatic heterocycles. The highest BCUT2D eigenvalue weighted by atomic mass is 79.9. The van der Waals surface area contributed by atoms with Gasteiger partial charge >= 0.3 is 0 Å². The average molecular weight is 343 g/mol. The molecule has 2 rings (SSSR count). The van der Waals surface area contributed by atoms with Crippen LogP contribution in [0, 0.1) is 17.2 Å². The number of rotatable bonds is 5. The van der Waals surface area contributed by atoms with Crippen LogP contribution in [0.15, 0.2) is 53.0 Å². The Morgan fingerprint density at radius 3 is 2.48 bits per heavy atom. The minimum Gasteiger partial charge on any atom is -0.383 e. The smallest absolute Gasteiger partial charge is 0.101 e. The lowest BCUT2D eigenvalue weighted by Gasteiger charge is -2.22. The van der Waals surface area contributed by atoms with Crippen LogP contribution >= 0.6 is 15.9 Å². The average Bonchev–Trinajstić information content (AvgIpc) is 2.49. The molecule has 108 valence electrons. The summed E-state index contributed by atoms with van der Waals surface area (Å²) < 4.78 is 0.924. The SMILES string of the molecule is CC(C)C(CNc1ccc(Br)cc1C#N)c1ccccc1. The van der Waals surface area contributed by atoms with E-state index in [9.17, 15) is 5.26 Å². The molecule has 0 aliphatic carbocycles. The zero-order valence-electron chi connectivity index (χ0n) is 12.3. The first-order valence-electron chi connectivity index (χ1n) is 7.10. The van der Waals surface area contributed by atoms with Gasteiger partial charge in [-0.15, -0.1) is 0 Å². The van der Waals surface area contributed by atoms with Crippen molar-refractivity contribution in [3.8, 4) is 6.07 Å². The molecule has 0 fully saturated rings. The maximum Gasteiger partial charge on any atom is 0.101 e. The molecular weight excluding hydrogens is 324 g/mol. The first-order valence-corrected chi connectivity index (χ1v) is 7.89. The van der Waals surface area contributed by atoms with Gasteiger partial charge in [-0.2, -0.15) is 5.26 Å². The van der Waals surface area contributed by atoms with E-state index in [-0.39, 0.29) is 0 Å². The van der Waals surface area contributed by atoms with E-state index in [0.29, 0.717) is 17.4 Å². The molecule has 21 heavy (non-hydrogen) atoms. The summed E-state index contributed by atoms with van der Waals surface area (Å²) in [7, 11) is 0. The molecule has 2 aromatic rings. The second kappa shape index (κ2) is 7.28. The lowest BCUT2D eigenvalue weighted by molar-refractivity contribution is 0.517. The largest absolute Gasteiger partial charge is 0.383 e. The second-order valence-corrected chi connectivity index (χ2v) is 6.36. The van der Waals surface area contributed by atoms with Crippen LogP contribution in [0.25, 0.3) is 0 Å². The number of nitrogens with zero attached hydrogens (tertiary/aromatic N) is 1. The van der Waals surface area contributed by atoms with Crippen molar-refractivity contribution in [3.05, 3.63) is 64.1 Å². The van der Waals surface area contributed by atoms with Crippen LogP contribution in [-0.2, 0) is 0 Å². The minimum atomic E-state index is 0.418. The maximum absolute atomic E-state index is 9.22. The number of hydrogen-bond acceptors (Lipinski definition) is 2. The standard InChI is InChI=1S/C18H19BrN2/c1-13(2)17(14-6-4-3-5-7-14)12-21-18-9-8-16(19)10-15(18)11-20/h3-10,13,17,21H,12H2,1-2H3. The molecule has 1 unspecified atom stereocenters. The highest BCUT2D eigenvalue weighted by molar-refractivity contribution is 9.10. The molecule has 0 bridgehead atoms. The summed E-state index contributed by atoms with van der Waals surface area (Å²) in [6, 6.07) is 18.5. The summed E-state index contributed by atoms with van der Waals surface area (Å²) in [6.45, 7) is 5.27. The lowest BCUT2D eigenvalue weighted by atomic mass is 9.88. The molecule has 2 aromatic carbocycles. The highest BCUT2D eigenvalue weighted by Crippen LogP contribution is 2.26. The van der Waals surface area contributed by atoms with E-state index < -0.39 is 0 Å². The van der Waals surface area contributed by atoms with Gasteiger partial charge in [0.05, 0.1) is 11.3 Å². The fraction of sp³-hybridized carbons (Fsp3) is 0.278. The predicted octanol–water partition coefficient (Wildman–Crippen LogP) is 5.17. The molecule has 0 saturated carbocycles. The van der Waals surface area contributed by atoms with E-state index in [1.165, 1.54) is 5.56 Å². The summed E-state index contributed by atoms with van der Waals surface area (Å²) in [5.41, 5.74) is 2.89. The number of nitrogens with one attached hydrogen (secondary N) is 1. The fourth-order valence-electron chi connectivity index (χ4n) is 2.42. The molecule has 1 atom stereocenters. The van der Waals surface area contributed by atoms with Crippen molar-refractivity contribution in [2.45, 2.75) is 19.8 Å². The molecule has 1 N–H and O–H groups in total. The normalized spacial score (nSPS) is 12.0. The molecule has 0 saturated heterocycles. The van der Waals surface area contributed by atoms with E-state index in [2.05, 4.69) is 65.4 Å². The van der Waals surface area contributed by atoms with Crippen molar-refractivity contribution >= 4 is 21.6 Å². The Balaban J connectivity index is 2.15. The molecule has 0 radical (unpaired) electrons. The van der Waals surface area contributed by atoms with Crippen molar-refractivity contribution in [3.63, 3.8) is 0 Å². The lowest BCUT2D eigenvalue weighted by Crippen LogP contribution is -2.18. The zero-order valence-corrected chi connectivity index (χ0v) is 13.9. The van der Waals surface area contributed by atoms with Crippen molar-refractivity contribution < 1.29 is 0 Å². The first-order chi connectivity index (χ1) is 10.1. The second-order valence-electron chi connectivity index (χ2n) is 5.44. The molecule has 0 aliphatic rings. The third-order valence-corrected chi connectivity index (χ3v) is 4.14. The highest BCUT2D eigenvalue weighted by Gasteiger charge is 2.16. The van der Waals surface area contributed by atoms with Crippen molar-refractivity contribution in [1.29, 1.82) is 5.26 Å². The van der Waals surface area contributed by atoms with E-state index >= 15 is 0 Å². The van der Waals surface area contributed by atoms with Gasteiger partial charge in [-0.25, -0.2) is 0 Å². The Morgan fingerprint density at radius 2 is 1.86 bits per heavy atom. The van der Waals surface area contributed by atoms with Gasteiger partial charge in [0.25, 0.3) is 0 Å². The summed E-state index contributed by atoms with van der Waals surface area (Å²) >= 11 is 3.40. The molecule has 0 spiro atoms. The van der Waals surface area contributed by atoms with Crippen molar-refractivity contribution in [2.24, 2.45) is 5.92 Å². The Labute approximate surface area is 134 Å². The van der Waals surface area contributed by atoms with Crippen LogP contribution < -0.4 is 5.32 Å². The Kier molecular flexibility index (Phi) is 5.41. The molecular formula is C18H19BrN2. The zero-order chi connectivity index (χ0) is 15.2. The van der Waals surface area contributed by atoms with Crippen LogP contribution in [-0.4, -0.2) is 6.54 Å². The summed E-state index contributed by atoms with van der Waals surface area (Å²) in [4.78, 5) is 0. The van der Waals surface area contributed by atoms with Gasteiger partial charge in [-0.05, 0) is 29.7 Å². The van der Waals surface area contributed by atoms with Gasteiger partial charge in [0, 0.05) is 16.9 Å². The van der Waals surface area contributed by atoms with Gasteiger partial charge in [-0.3, -0.25) is 0 Å². The fourth-order valence-corrected chi connectivity index (χ4v) is 2.78. The third-order valence-electron chi connectivity index (χ3n) is 3.65. The van der Waals surface area contributed by atoms with Gasteiger partial charge in [0.15, 0.2) is 0 Å². The molecule has 3 heteroatoms. The van der Waals surface area contributed by atoms with Crippen LogP contribution in [0.4, 0.5) is 5.69 Å². The summed E-state index contributed by atoms with van der Waals surface area (Å²) in [5, 5.41) is 12.7. The molecule has 0 amide bonds. The number of halogens is 1. The Bertz CT molecular complexity index is 629. The first kappa shape index (κ1) is 15.6. The summed E-state index contributed by atoms with van der Waals surface area (Å²) in [6.07, 6.45) is 0. The number of nitriles is 1. The molecule has 2 nitrogen and oxygen atoms in total. The quantitative estimate of drug-likeness (QED) is 0.813. The van der Waals surface area contributed by atoms with Crippen LogP contribution in [0.2, 0.25) is 0 Å². The Morgan fingerprint density at radius 1 is 1.14 bits per heavy atom. The minimum absolute atomic E-state index is 0.418.